The molecule has 1 aromatic carbocycles. The number of carbonyl (C=O) groups excluding carboxylic acids is 2. The number of amides is 1. The lowest BCUT2D eigenvalue weighted by Crippen LogP contribution is -2.27. The number of nitrogens with two attached hydrogens (primary N) is 1. The van der Waals surface area contributed by atoms with Crippen LogP contribution < -0.4 is 5.73 Å². The molecule has 0 unspecified atom stereocenters. The van der Waals surface area contributed by atoms with Gasteiger partial charge >= 0.3 is 0 Å². The van der Waals surface area contributed by atoms with Gasteiger partial charge in [-0.1, -0.05) is 0 Å². The summed E-state index contributed by atoms with van der Waals surface area (Å²) in [4.78, 5) is 25.5. The number of rotatable bonds is 4. The zero-order valence-corrected chi connectivity index (χ0v) is 10.4. The summed E-state index contributed by atoms with van der Waals surface area (Å²) >= 11 is 0. The maximum absolute atomic E-state index is 11.9. The fourth-order valence-electron chi connectivity index (χ4n) is 2.16. The van der Waals surface area contributed by atoms with Crippen LogP contribution in [0.4, 0.5) is 5.69 Å². The quantitative estimate of drug-likeness (QED) is 0.651. The third-order valence-electron chi connectivity index (χ3n) is 3.26. The highest BCUT2D eigenvalue weighted by Crippen LogP contribution is 2.12. The van der Waals surface area contributed by atoms with Crippen molar-refractivity contribution in [3.05, 3.63) is 29.8 Å². The van der Waals surface area contributed by atoms with Crippen LogP contribution in [0.2, 0.25) is 0 Å². The lowest BCUT2D eigenvalue weighted by molar-refractivity contribution is -0.130. The second-order valence-electron chi connectivity index (χ2n) is 4.63. The van der Waals surface area contributed by atoms with Crippen LogP contribution in [-0.2, 0) is 4.79 Å². The van der Waals surface area contributed by atoms with E-state index in [1.807, 2.05) is 4.90 Å². The monoisotopic (exact) mass is 246 g/mol. The summed E-state index contributed by atoms with van der Waals surface area (Å²) in [6.07, 6.45) is 2.75. The molecule has 0 spiro atoms. The molecule has 96 valence electrons. The van der Waals surface area contributed by atoms with Crippen LogP contribution in [0.1, 0.15) is 36.0 Å². The van der Waals surface area contributed by atoms with Crippen molar-refractivity contribution in [3.63, 3.8) is 0 Å². The summed E-state index contributed by atoms with van der Waals surface area (Å²) in [5.74, 6) is 0.0961. The van der Waals surface area contributed by atoms with Crippen molar-refractivity contribution < 1.29 is 9.59 Å². The Hall–Kier alpha value is -1.84. The molecule has 0 atom stereocenters. The molecule has 18 heavy (non-hydrogen) atoms. The van der Waals surface area contributed by atoms with Gasteiger partial charge in [0.25, 0.3) is 0 Å². The van der Waals surface area contributed by atoms with E-state index in [0.29, 0.717) is 17.7 Å². The zero-order valence-electron chi connectivity index (χ0n) is 10.4. The molecule has 0 aromatic heterocycles. The third kappa shape index (κ3) is 3.09. The molecule has 0 radical (unpaired) electrons. The fraction of sp³-hybridized carbons (Fsp3) is 0.429. The minimum atomic E-state index is 0.00236. The highest BCUT2D eigenvalue weighted by atomic mass is 16.2. The summed E-state index contributed by atoms with van der Waals surface area (Å²) in [5.41, 5.74) is 6.82. The SMILES string of the molecule is Nc1ccc(C(=O)CCC(=O)N2CCCC2)cc1. The van der Waals surface area contributed by atoms with E-state index in [-0.39, 0.29) is 18.1 Å². The first-order valence-corrected chi connectivity index (χ1v) is 6.33. The zero-order chi connectivity index (χ0) is 13.0. The predicted octanol–water partition coefficient (Wildman–Crippen LogP) is 1.85. The van der Waals surface area contributed by atoms with Gasteiger partial charge < -0.3 is 10.6 Å². The minimum absolute atomic E-state index is 0.00236. The van der Waals surface area contributed by atoms with Gasteiger partial charge in [-0.3, -0.25) is 9.59 Å². The van der Waals surface area contributed by atoms with Crippen molar-refractivity contribution in [1.82, 2.24) is 4.90 Å². The van der Waals surface area contributed by atoms with E-state index < -0.39 is 0 Å². The molecule has 1 fully saturated rings. The lowest BCUT2D eigenvalue weighted by Gasteiger charge is -2.14. The van der Waals surface area contributed by atoms with Gasteiger partial charge in [0.2, 0.25) is 5.91 Å². The van der Waals surface area contributed by atoms with Gasteiger partial charge in [-0.25, -0.2) is 0 Å². The maximum atomic E-state index is 11.9. The highest BCUT2D eigenvalue weighted by Gasteiger charge is 2.18. The molecule has 1 aromatic rings. The molecule has 0 saturated carbocycles. The van der Waals surface area contributed by atoms with Crippen molar-refractivity contribution in [1.29, 1.82) is 0 Å². The minimum Gasteiger partial charge on any atom is -0.399 e. The number of hydrogen-bond donors (Lipinski definition) is 1. The van der Waals surface area contributed by atoms with E-state index in [1.54, 1.807) is 24.3 Å². The summed E-state index contributed by atoms with van der Waals surface area (Å²) in [5, 5.41) is 0. The molecule has 2 N–H and O–H groups in total. The van der Waals surface area contributed by atoms with Crippen LogP contribution in [-0.4, -0.2) is 29.7 Å². The van der Waals surface area contributed by atoms with Crippen LogP contribution in [0.15, 0.2) is 24.3 Å². The first-order valence-electron chi connectivity index (χ1n) is 6.33. The van der Waals surface area contributed by atoms with Crippen molar-refractivity contribution in [2.24, 2.45) is 0 Å². The molecule has 1 aliphatic rings. The second kappa shape index (κ2) is 5.67. The number of nitrogen functional groups attached to an aromatic ring is 1. The van der Waals surface area contributed by atoms with Gasteiger partial charge in [0.1, 0.15) is 0 Å². The molecule has 2 rings (SSSR count). The van der Waals surface area contributed by atoms with Gasteiger partial charge in [-0.05, 0) is 37.1 Å². The lowest BCUT2D eigenvalue weighted by atomic mass is 10.1. The fourth-order valence-corrected chi connectivity index (χ4v) is 2.16. The van der Waals surface area contributed by atoms with Gasteiger partial charge in [0, 0.05) is 37.2 Å². The highest BCUT2D eigenvalue weighted by molar-refractivity contribution is 5.98. The number of hydrogen-bond acceptors (Lipinski definition) is 3. The molecule has 0 aliphatic carbocycles. The summed E-state index contributed by atoms with van der Waals surface area (Å²) in [6, 6.07) is 6.82. The van der Waals surface area contributed by atoms with Crippen molar-refractivity contribution in [2.75, 3.05) is 18.8 Å². The molecular weight excluding hydrogens is 228 g/mol. The van der Waals surface area contributed by atoms with Crippen LogP contribution in [0, 0.1) is 0 Å². The standard InChI is InChI=1S/C14H18N2O2/c15-12-5-3-11(4-6-12)13(17)7-8-14(18)16-9-1-2-10-16/h3-6H,1-2,7-10,15H2. The van der Waals surface area contributed by atoms with Crippen LogP contribution >= 0.6 is 0 Å². The first kappa shape index (κ1) is 12.6. The van der Waals surface area contributed by atoms with Crippen molar-refractivity contribution in [3.8, 4) is 0 Å². The maximum Gasteiger partial charge on any atom is 0.223 e. The molecule has 1 amide bonds. The number of likely N-dealkylation sites (tertiary alicyclic amines) is 1. The Morgan fingerprint density at radius 2 is 1.67 bits per heavy atom. The number of carbonyl (C=O) groups is 2. The summed E-state index contributed by atoms with van der Waals surface area (Å²) < 4.78 is 0. The Balaban J connectivity index is 1.84. The Labute approximate surface area is 107 Å². The topological polar surface area (TPSA) is 63.4 Å². The van der Waals surface area contributed by atoms with Gasteiger partial charge in [0.05, 0.1) is 0 Å². The van der Waals surface area contributed by atoms with Crippen LogP contribution in [0.25, 0.3) is 0 Å². The van der Waals surface area contributed by atoms with Gasteiger partial charge in [-0.15, -0.1) is 0 Å². The number of benzene rings is 1. The van der Waals surface area contributed by atoms with E-state index >= 15 is 0 Å². The number of anilines is 1. The molecule has 1 heterocycles. The van der Waals surface area contributed by atoms with Crippen LogP contribution in [0.3, 0.4) is 0 Å². The Kier molecular flexibility index (Phi) is 3.97. The summed E-state index contributed by atoms with van der Waals surface area (Å²) in [7, 11) is 0. The molecule has 4 nitrogen and oxygen atoms in total. The normalized spacial score (nSPS) is 14.8. The number of nitrogens with zero attached hydrogens (tertiary/aromatic N) is 1. The van der Waals surface area contributed by atoms with E-state index in [4.69, 9.17) is 5.73 Å². The van der Waals surface area contributed by atoms with Crippen molar-refractivity contribution >= 4 is 17.4 Å². The molecule has 1 saturated heterocycles. The average Bonchev–Trinajstić information content (AvgIpc) is 2.90. The average molecular weight is 246 g/mol. The Morgan fingerprint density at radius 1 is 1.06 bits per heavy atom. The molecule has 1 aliphatic heterocycles. The third-order valence-corrected chi connectivity index (χ3v) is 3.26. The van der Waals surface area contributed by atoms with E-state index in [1.165, 1.54) is 0 Å². The molecule has 4 heteroatoms. The molecular formula is C14H18N2O2. The van der Waals surface area contributed by atoms with E-state index in [2.05, 4.69) is 0 Å². The van der Waals surface area contributed by atoms with Crippen LogP contribution in [0.5, 0.6) is 0 Å². The predicted molar refractivity (Wildman–Crippen MR) is 70.2 cm³/mol. The Morgan fingerprint density at radius 3 is 2.28 bits per heavy atom. The van der Waals surface area contributed by atoms with Gasteiger partial charge in [0.15, 0.2) is 5.78 Å². The largest absolute Gasteiger partial charge is 0.399 e. The Bertz CT molecular complexity index is 434. The molecule has 0 bridgehead atoms. The van der Waals surface area contributed by atoms with Crippen molar-refractivity contribution in [2.45, 2.75) is 25.7 Å². The van der Waals surface area contributed by atoms with Gasteiger partial charge in [-0.2, -0.15) is 0 Å². The van der Waals surface area contributed by atoms with E-state index in [0.717, 1.165) is 25.9 Å². The summed E-state index contributed by atoms with van der Waals surface area (Å²) in [6.45, 7) is 1.68. The second-order valence-corrected chi connectivity index (χ2v) is 4.63. The number of ketones is 1. The first-order chi connectivity index (χ1) is 8.66. The number of Topliss-reactive ketones (excluding diaryl/α,β-unsaturated/α-hetero) is 1. The van der Waals surface area contributed by atoms with E-state index in [9.17, 15) is 9.59 Å². The smallest absolute Gasteiger partial charge is 0.223 e.